The van der Waals surface area contributed by atoms with Crippen LogP contribution >= 0.6 is 22.9 Å². The fraction of sp³-hybridized carbons (Fsp3) is 0.400. The van der Waals surface area contributed by atoms with E-state index in [0.29, 0.717) is 9.34 Å². The molecule has 2 aromatic heterocycles. The van der Waals surface area contributed by atoms with Crippen molar-refractivity contribution in [3.05, 3.63) is 33.5 Å². The maximum Gasteiger partial charge on any atom is 0.147 e. The number of aromatic nitrogens is 3. The van der Waals surface area contributed by atoms with Crippen LogP contribution in [0.2, 0.25) is 4.34 Å². The van der Waals surface area contributed by atoms with Crippen molar-refractivity contribution in [3.63, 3.8) is 0 Å². The first-order valence-electron chi connectivity index (χ1n) is 5.03. The van der Waals surface area contributed by atoms with Gasteiger partial charge in [0.25, 0.3) is 0 Å². The Morgan fingerprint density at radius 2 is 2.44 bits per heavy atom. The van der Waals surface area contributed by atoms with Crippen molar-refractivity contribution in [2.24, 2.45) is 0 Å². The molecule has 6 heteroatoms. The van der Waals surface area contributed by atoms with Gasteiger partial charge < -0.3 is 5.11 Å². The van der Waals surface area contributed by atoms with E-state index in [-0.39, 0.29) is 0 Å². The Morgan fingerprint density at radius 3 is 3.06 bits per heavy atom. The van der Waals surface area contributed by atoms with Gasteiger partial charge in [-0.15, -0.1) is 11.3 Å². The molecule has 4 nitrogen and oxygen atoms in total. The van der Waals surface area contributed by atoms with Gasteiger partial charge in [-0.2, -0.15) is 5.10 Å². The van der Waals surface area contributed by atoms with Gasteiger partial charge in [0.15, 0.2) is 0 Å². The summed E-state index contributed by atoms with van der Waals surface area (Å²) in [5, 5.41) is 14.9. The second-order valence-corrected chi connectivity index (χ2v) is 5.08. The zero-order chi connectivity index (χ0) is 11.5. The van der Waals surface area contributed by atoms with Crippen LogP contribution in [-0.4, -0.2) is 19.9 Å². The van der Waals surface area contributed by atoms with Crippen molar-refractivity contribution in [2.75, 3.05) is 0 Å². The summed E-state index contributed by atoms with van der Waals surface area (Å²) in [6.45, 7) is 2.86. The van der Waals surface area contributed by atoms with Crippen LogP contribution in [0.4, 0.5) is 0 Å². The number of aliphatic hydroxyl groups is 1. The van der Waals surface area contributed by atoms with Crippen molar-refractivity contribution < 1.29 is 5.11 Å². The Balaban J connectivity index is 2.26. The predicted molar refractivity (Wildman–Crippen MR) is 63.7 cm³/mol. The number of aliphatic hydroxyl groups excluding tert-OH is 1. The molecule has 0 radical (unpaired) electrons. The molecule has 0 saturated heterocycles. The number of halogens is 1. The number of hydrogen-bond donors (Lipinski definition) is 1. The summed E-state index contributed by atoms with van der Waals surface area (Å²) >= 11 is 7.07. The molecule has 2 heterocycles. The molecule has 0 saturated carbocycles. The summed E-state index contributed by atoms with van der Waals surface area (Å²) in [5.41, 5.74) is 0.757. The highest BCUT2D eigenvalue weighted by atomic mass is 35.5. The van der Waals surface area contributed by atoms with Crippen LogP contribution in [0.5, 0.6) is 0 Å². The van der Waals surface area contributed by atoms with Gasteiger partial charge in [-0.25, -0.2) is 4.98 Å². The van der Waals surface area contributed by atoms with Gasteiger partial charge >= 0.3 is 0 Å². The molecule has 2 aromatic rings. The lowest BCUT2D eigenvalue weighted by atomic mass is 10.2. The summed E-state index contributed by atoms with van der Waals surface area (Å²) in [6.07, 6.45) is 3.46. The summed E-state index contributed by atoms with van der Waals surface area (Å²) < 4.78 is 2.37. The zero-order valence-electron chi connectivity index (χ0n) is 8.80. The van der Waals surface area contributed by atoms with Crippen LogP contribution < -0.4 is 0 Å². The maximum atomic E-state index is 10.1. The first-order chi connectivity index (χ1) is 7.72. The standard InChI is InChI=1S/C10H12ClN3OS/c1-2-5-14-7(3-4-13-14)9(15)10-12-6-8(11)16-10/h3-4,6,9,15H,2,5H2,1H3. The molecule has 0 aliphatic carbocycles. The molecular formula is C10H12ClN3OS. The highest BCUT2D eigenvalue weighted by molar-refractivity contribution is 7.15. The monoisotopic (exact) mass is 257 g/mol. The molecule has 0 aromatic carbocycles. The zero-order valence-corrected chi connectivity index (χ0v) is 10.4. The second-order valence-electron chi connectivity index (χ2n) is 3.38. The van der Waals surface area contributed by atoms with Gasteiger partial charge in [0.2, 0.25) is 0 Å². The Kier molecular flexibility index (Phi) is 3.58. The highest BCUT2D eigenvalue weighted by Gasteiger charge is 2.18. The fourth-order valence-corrected chi connectivity index (χ4v) is 2.42. The molecule has 0 spiro atoms. The number of hydrogen-bond acceptors (Lipinski definition) is 4. The minimum atomic E-state index is -0.744. The Labute approximate surface area is 103 Å². The molecule has 1 unspecified atom stereocenters. The lowest BCUT2D eigenvalue weighted by molar-refractivity contribution is 0.207. The van der Waals surface area contributed by atoms with Gasteiger partial charge in [-0.1, -0.05) is 18.5 Å². The van der Waals surface area contributed by atoms with Gasteiger partial charge in [0, 0.05) is 12.7 Å². The normalized spacial score (nSPS) is 12.9. The topological polar surface area (TPSA) is 50.9 Å². The van der Waals surface area contributed by atoms with Crippen LogP contribution in [0.25, 0.3) is 0 Å². The first-order valence-corrected chi connectivity index (χ1v) is 6.22. The molecule has 0 aliphatic heterocycles. The number of rotatable bonds is 4. The van der Waals surface area contributed by atoms with Crippen molar-refractivity contribution in [2.45, 2.75) is 26.0 Å². The number of thiazole rings is 1. The highest BCUT2D eigenvalue weighted by Crippen LogP contribution is 2.28. The van der Waals surface area contributed by atoms with E-state index < -0.39 is 6.10 Å². The molecule has 2 rings (SSSR count). The summed E-state index contributed by atoms with van der Waals surface area (Å²) in [4.78, 5) is 4.07. The van der Waals surface area contributed by atoms with E-state index in [4.69, 9.17) is 11.6 Å². The summed E-state index contributed by atoms with van der Waals surface area (Å²) in [7, 11) is 0. The van der Waals surface area contributed by atoms with Crippen LogP contribution in [0, 0.1) is 0 Å². The quantitative estimate of drug-likeness (QED) is 0.916. The third-order valence-corrected chi connectivity index (χ3v) is 3.36. The minimum absolute atomic E-state index is 0.579. The Hall–Kier alpha value is -0.910. The van der Waals surface area contributed by atoms with Crippen molar-refractivity contribution in [3.8, 4) is 0 Å². The van der Waals surface area contributed by atoms with Crippen LogP contribution in [0.3, 0.4) is 0 Å². The van der Waals surface area contributed by atoms with Gasteiger partial charge in [-0.3, -0.25) is 4.68 Å². The largest absolute Gasteiger partial charge is 0.380 e. The maximum absolute atomic E-state index is 10.1. The smallest absolute Gasteiger partial charge is 0.147 e. The SMILES string of the molecule is CCCn1nccc1C(O)c1ncc(Cl)s1. The molecule has 86 valence electrons. The molecule has 1 atom stereocenters. The third kappa shape index (κ3) is 2.26. The lowest BCUT2D eigenvalue weighted by Crippen LogP contribution is -2.09. The van der Waals surface area contributed by atoms with Crippen molar-refractivity contribution in [1.29, 1.82) is 0 Å². The summed E-state index contributed by atoms with van der Waals surface area (Å²) in [6, 6.07) is 1.80. The van der Waals surface area contributed by atoms with Gasteiger partial charge in [-0.05, 0) is 12.5 Å². The fourth-order valence-electron chi connectivity index (χ4n) is 1.49. The lowest BCUT2D eigenvalue weighted by Gasteiger charge is -2.10. The van der Waals surface area contributed by atoms with E-state index in [1.54, 1.807) is 23.1 Å². The first kappa shape index (κ1) is 11.6. The van der Waals surface area contributed by atoms with Crippen LogP contribution in [0.1, 0.15) is 30.2 Å². The molecule has 0 amide bonds. The Morgan fingerprint density at radius 1 is 1.62 bits per heavy atom. The summed E-state index contributed by atoms with van der Waals surface area (Å²) in [5.74, 6) is 0. The predicted octanol–water partition coefficient (Wildman–Crippen LogP) is 2.48. The van der Waals surface area contributed by atoms with E-state index >= 15 is 0 Å². The Bertz CT molecular complexity index is 468. The molecule has 1 N–H and O–H groups in total. The molecule has 16 heavy (non-hydrogen) atoms. The minimum Gasteiger partial charge on any atom is -0.380 e. The van der Waals surface area contributed by atoms with Gasteiger partial charge in [0.05, 0.1) is 11.9 Å². The molecular weight excluding hydrogens is 246 g/mol. The average Bonchev–Trinajstić information content (AvgIpc) is 2.87. The van der Waals surface area contributed by atoms with E-state index in [2.05, 4.69) is 17.0 Å². The van der Waals surface area contributed by atoms with E-state index in [1.165, 1.54) is 11.3 Å². The molecule has 0 bridgehead atoms. The van der Waals surface area contributed by atoms with Crippen molar-refractivity contribution in [1.82, 2.24) is 14.8 Å². The van der Waals surface area contributed by atoms with Gasteiger partial charge in [0.1, 0.15) is 15.4 Å². The number of nitrogens with zero attached hydrogens (tertiary/aromatic N) is 3. The van der Waals surface area contributed by atoms with Crippen LogP contribution in [0.15, 0.2) is 18.5 Å². The van der Waals surface area contributed by atoms with E-state index in [1.807, 2.05) is 0 Å². The van der Waals surface area contributed by atoms with Crippen molar-refractivity contribution >= 4 is 22.9 Å². The van der Waals surface area contributed by atoms with Crippen LogP contribution in [-0.2, 0) is 6.54 Å². The second kappa shape index (κ2) is 4.95. The molecule has 0 fully saturated rings. The number of aryl methyl sites for hydroxylation is 1. The van der Waals surface area contributed by atoms with E-state index in [0.717, 1.165) is 18.7 Å². The average molecular weight is 258 g/mol. The third-order valence-electron chi connectivity index (χ3n) is 2.19. The van der Waals surface area contributed by atoms with E-state index in [9.17, 15) is 5.11 Å². The molecule has 0 aliphatic rings.